The predicted molar refractivity (Wildman–Crippen MR) is 78.3 cm³/mol. The van der Waals surface area contributed by atoms with Crippen LogP contribution in [0.5, 0.6) is 0 Å². The second-order valence-corrected chi connectivity index (χ2v) is 6.18. The second kappa shape index (κ2) is 5.47. The first-order valence-corrected chi connectivity index (χ1v) is 7.60. The topological polar surface area (TPSA) is 62.3 Å². The van der Waals surface area contributed by atoms with E-state index >= 15 is 0 Å². The zero-order valence-electron chi connectivity index (χ0n) is 12.4. The lowest BCUT2D eigenvalue weighted by atomic mass is 9.95. The van der Waals surface area contributed by atoms with Crippen LogP contribution in [0, 0.1) is 6.92 Å². The van der Waals surface area contributed by atoms with Crippen molar-refractivity contribution in [3.05, 3.63) is 29.6 Å². The molecule has 1 spiro atoms. The Bertz CT molecular complexity index is 564. The molecule has 112 valence electrons. The highest BCUT2D eigenvalue weighted by atomic mass is 16.2. The lowest BCUT2D eigenvalue weighted by molar-refractivity contribution is -0.139. The molecule has 2 aliphatic rings. The van der Waals surface area contributed by atoms with Crippen LogP contribution in [0.3, 0.4) is 0 Å². The maximum absolute atomic E-state index is 12.9. The molecule has 1 saturated heterocycles. The molecule has 1 N–H and O–H groups in total. The molecule has 1 aliphatic carbocycles. The van der Waals surface area contributed by atoms with Gasteiger partial charge in [0.1, 0.15) is 5.54 Å². The molecule has 1 aromatic rings. The summed E-state index contributed by atoms with van der Waals surface area (Å²) in [7, 11) is 0. The summed E-state index contributed by atoms with van der Waals surface area (Å²) in [5.74, 6) is 0.0717. The van der Waals surface area contributed by atoms with Crippen molar-refractivity contribution in [3.63, 3.8) is 0 Å². The molecule has 0 radical (unpaired) electrons. The summed E-state index contributed by atoms with van der Waals surface area (Å²) in [5, 5.41) is 2.99. The Kier molecular flexibility index (Phi) is 3.66. The molecule has 0 atom stereocenters. The molecular formula is C16H21N3O2. The minimum atomic E-state index is -0.648. The zero-order chi connectivity index (χ0) is 14.9. The van der Waals surface area contributed by atoms with Crippen molar-refractivity contribution in [2.45, 2.75) is 51.1 Å². The number of hydrogen-bond donors (Lipinski definition) is 1. The van der Waals surface area contributed by atoms with E-state index < -0.39 is 5.54 Å². The molecule has 0 unspecified atom stereocenters. The highest BCUT2D eigenvalue weighted by Gasteiger charge is 2.46. The van der Waals surface area contributed by atoms with Gasteiger partial charge in [-0.3, -0.25) is 14.6 Å². The van der Waals surface area contributed by atoms with Gasteiger partial charge < -0.3 is 10.2 Å². The van der Waals surface area contributed by atoms with Gasteiger partial charge in [0, 0.05) is 31.9 Å². The van der Waals surface area contributed by atoms with Gasteiger partial charge in [0.25, 0.3) is 0 Å². The van der Waals surface area contributed by atoms with Gasteiger partial charge in [0.2, 0.25) is 11.8 Å². The third kappa shape index (κ3) is 2.77. The third-order valence-electron chi connectivity index (χ3n) is 4.45. The van der Waals surface area contributed by atoms with Crippen LogP contribution < -0.4 is 5.32 Å². The lowest BCUT2D eigenvalue weighted by Gasteiger charge is -2.31. The number of aromatic nitrogens is 1. The number of pyridine rings is 1. The molecule has 0 aromatic carbocycles. The molecule has 5 heteroatoms. The van der Waals surface area contributed by atoms with E-state index in [9.17, 15) is 9.59 Å². The van der Waals surface area contributed by atoms with Gasteiger partial charge in [-0.25, -0.2) is 0 Å². The molecule has 2 fully saturated rings. The summed E-state index contributed by atoms with van der Waals surface area (Å²) in [6.45, 7) is 3.01. The van der Waals surface area contributed by atoms with Gasteiger partial charge in [-0.1, -0.05) is 18.9 Å². The summed E-state index contributed by atoms with van der Waals surface area (Å²) in [5.41, 5.74) is 1.45. The molecule has 2 heterocycles. The Morgan fingerprint density at radius 1 is 1.29 bits per heavy atom. The fourth-order valence-electron chi connectivity index (χ4n) is 3.42. The predicted octanol–water partition coefficient (Wildman–Crippen LogP) is 1.55. The third-order valence-corrected chi connectivity index (χ3v) is 4.45. The van der Waals surface area contributed by atoms with Gasteiger partial charge in [-0.05, 0) is 30.9 Å². The first-order valence-electron chi connectivity index (χ1n) is 7.60. The molecule has 1 aliphatic heterocycles. The van der Waals surface area contributed by atoms with Gasteiger partial charge >= 0.3 is 0 Å². The van der Waals surface area contributed by atoms with Crippen LogP contribution >= 0.6 is 0 Å². The number of carbonyl (C=O) groups excluding carboxylic acids is 2. The number of aryl methyl sites for hydroxylation is 1. The van der Waals surface area contributed by atoms with Gasteiger partial charge in [0.15, 0.2) is 0 Å². The van der Waals surface area contributed by atoms with E-state index in [2.05, 4.69) is 10.3 Å². The smallest absolute Gasteiger partial charge is 0.248 e. The van der Waals surface area contributed by atoms with Crippen LogP contribution in [0.25, 0.3) is 0 Å². The Labute approximate surface area is 124 Å². The van der Waals surface area contributed by atoms with Crippen LogP contribution in [0.1, 0.15) is 43.2 Å². The summed E-state index contributed by atoms with van der Waals surface area (Å²) >= 11 is 0. The molecule has 3 rings (SSSR count). The van der Waals surface area contributed by atoms with Crippen molar-refractivity contribution in [3.8, 4) is 0 Å². The van der Waals surface area contributed by atoms with Gasteiger partial charge in [0.05, 0.1) is 0 Å². The first-order chi connectivity index (χ1) is 10.1. The summed E-state index contributed by atoms with van der Waals surface area (Å²) in [6, 6.07) is 2.04. The van der Waals surface area contributed by atoms with Crippen molar-refractivity contribution in [2.75, 3.05) is 6.54 Å². The van der Waals surface area contributed by atoms with Crippen LogP contribution in [0.15, 0.2) is 18.5 Å². The zero-order valence-corrected chi connectivity index (χ0v) is 12.4. The van der Waals surface area contributed by atoms with Crippen molar-refractivity contribution < 1.29 is 9.59 Å². The van der Waals surface area contributed by atoms with E-state index in [0.717, 1.165) is 36.8 Å². The molecule has 1 aromatic heterocycles. The monoisotopic (exact) mass is 287 g/mol. The maximum atomic E-state index is 12.9. The van der Waals surface area contributed by atoms with E-state index in [1.54, 1.807) is 12.4 Å². The fourth-order valence-corrected chi connectivity index (χ4v) is 3.42. The number of hydrogen-bond acceptors (Lipinski definition) is 3. The number of nitrogens with zero attached hydrogens (tertiary/aromatic N) is 2. The average Bonchev–Trinajstić information content (AvgIpc) is 2.88. The molecule has 0 bridgehead atoms. The Hall–Kier alpha value is -1.91. The van der Waals surface area contributed by atoms with Crippen LogP contribution in [-0.4, -0.2) is 33.8 Å². The van der Waals surface area contributed by atoms with E-state index in [0.29, 0.717) is 19.5 Å². The molecule has 2 amide bonds. The van der Waals surface area contributed by atoms with Crippen molar-refractivity contribution in [2.24, 2.45) is 0 Å². The highest BCUT2D eigenvalue weighted by molar-refractivity contribution is 5.93. The Balaban J connectivity index is 1.83. The van der Waals surface area contributed by atoms with Crippen LogP contribution in [0.2, 0.25) is 0 Å². The van der Waals surface area contributed by atoms with E-state index in [4.69, 9.17) is 0 Å². The quantitative estimate of drug-likeness (QED) is 0.897. The van der Waals surface area contributed by atoms with Crippen molar-refractivity contribution in [1.82, 2.24) is 15.2 Å². The van der Waals surface area contributed by atoms with Gasteiger partial charge in [-0.15, -0.1) is 0 Å². The normalized spacial score (nSPS) is 21.5. The van der Waals surface area contributed by atoms with Gasteiger partial charge in [-0.2, -0.15) is 0 Å². The highest BCUT2D eigenvalue weighted by Crippen LogP contribution is 2.33. The molecule has 5 nitrogen and oxygen atoms in total. The average molecular weight is 287 g/mol. The first kappa shape index (κ1) is 14.0. The van der Waals surface area contributed by atoms with Crippen LogP contribution in [0.4, 0.5) is 0 Å². The summed E-state index contributed by atoms with van der Waals surface area (Å²) < 4.78 is 0. The van der Waals surface area contributed by atoms with Crippen LogP contribution in [-0.2, 0) is 16.1 Å². The largest absolute Gasteiger partial charge is 0.342 e. The van der Waals surface area contributed by atoms with E-state index in [1.165, 1.54) is 0 Å². The molecule has 1 saturated carbocycles. The Morgan fingerprint density at radius 2 is 2.05 bits per heavy atom. The molecular weight excluding hydrogens is 266 g/mol. The summed E-state index contributed by atoms with van der Waals surface area (Å²) in [4.78, 5) is 30.8. The second-order valence-electron chi connectivity index (χ2n) is 6.18. The number of carbonyl (C=O) groups is 2. The minimum absolute atomic E-state index is 0.00452. The minimum Gasteiger partial charge on any atom is -0.342 e. The van der Waals surface area contributed by atoms with Crippen molar-refractivity contribution in [1.29, 1.82) is 0 Å². The molecule has 21 heavy (non-hydrogen) atoms. The number of amides is 2. The van der Waals surface area contributed by atoms with E-state index in [1.807, 2.05) is 17.9 Å². The summed E-state index contributed by atoms with van der Waals surface area (Å²) in [6.07, 6.45) is 7.52. The standard InChI is InChI=1S/C16H21N3O2/c1-12-8-13(10-17-9-12)11-19-7-4-14(20)18-16(15(19)21)5-2-3-6-16/h8-10H,2-7,11H2,1H3,(H,18,20). The van der Waals surface area contributed by atoms with Crippen molar-refractivity contribution >= 4 is 11.8 Å². The SMILES string of the molecule is Cc1cncc(CN2CCC(=O)NC3(CCCC3)C2=O)c1. The Morgan fingerprint density at radius 3 is 2.76 bits per heavy atom. The number of rotatable bonds is 2. The van der Waals surface area contributed by atoms with E-state index in [-0.39, 0.29) is 11.8 Å². The number of nitrogens with one attached hydrogen (secondary N) is 1. The fraction of sp³-hybridized carbons (Fsp3) is 0.562. The lowest BCUT2D eigenvalue weighted by Crippen LogP contribution is -2.55. The maximum Gasteiger partial charge on any atom is 0.248 e.